The average molecular weight is 289 g/mol. The summed E-state index contributed by atoms with van der Waals surface area (Å²) in [5.74, 6) is 6.01. The van der Waals surface area contributed by atoms with Crippen LogP contribution in [0.3, 0.4) is 0 Å². The van der Waals surface area contributed by atoms with Crippen LogP contribution >= 0.6 is 11.8 Å². The molecule has 0 unspecified atom stereocenters. The van der Waals surface area contributed by atoms with Crippen LogP contribution in [-0.2, 0) is 11.2 Å². The second kappa shape index (κ2) is 5.54. The molecule has 0 saturated heterocycles. The Morgan fingerprint density at radius 1 is 1.40 bits per heavy atom. The zero-order valence-electron chi connectivity index (χ0n) is 10.9. The van der Waals surface area contributed by atoms with E-state index < -0.39 is 0 Å². The quantitative estimate of drug-likeness (QED) is 0.675. The zero-order valence-corrected chi connectivity index (χ0v) is 11.7. The molecule has 7 heteroatoms. The third-order valence-electron chi connectivity index (χ3n) is 3.28. The van der Waals surface area contributed by atoms with Gasteiger partial charge in [0.05, 0.1) is 5.75 Å². The minimum atomic E-state index is 0.0742. The summed E-state index contributed by atoms with van der Waals surface area (Å²) < 4.78 is 1.32. The molecule has 0 atom stereocenters. The van der Waals surface area contributed by atoms with Gasteiger partial charge < -0.3 is 10.7 Å². The molecule has 1 amide bonds. The number of nitrogen functional groups attached to an aromatic ring is 1. The molecule has 0 fully saturated rings. The summed E-state index contributed by atoms with van der Waals surface area (Å²) in [4.78, 5) is 14.2. The Morgan fingerprint density at radius 2 is 2.25 bits per heavy atom. The van der Waals surface area contributed by atoms with Gasteiger partial charge in [-0.05, 0) is 24.5 Å². The van der Waals surface area contributed by atoms with Gasteiger partial charge in [0.1, 0.15) is 6.33 Å². The summed E-state index contributed by atoms with van der Waals surface area (Å²) >= 11 is 1.30. The lowest BCUT2D eigenvalue weighted by Gasteiger charge is -2.29. The molecule has 0 radical (unpaired) electrons. The Balaban J connectivity index is 1.71. The third kappa shape index (κ3) is 2.49. The van der Waals surface area contributed by atoms with Crippen LogP contribution in [0.4, 0.5) is 5.69 Å². The highest BCUT2D eigenvalue weighted by atomic mass is 32.2. The Morgan fingerprint density at radius 3 is 3.05 bits per heavy atom. The Labute approximate surface area is 120 Å². The maximum absolute atomic E-state index is 12.4. The first-order valence-corrected chi connectivity index (χ1v) is 7.40. The van der Waals surface area contributed by atoms with Gasteiger partial charge in [-0.25, -0.2) is 4.68 Å². The van der Waals surface area contributed by atoms with Crippen LogP contribution < -0.4 is 10.7 Å². The molecule has 2 N–H and O–H groups in total. The molecule has 1 aliphatic heterocycles. The molecular formula is C13H15N5OS. The molecule has 0 spiro atoms. The first kappa shape index (κ1) is 13.0. The molecule has 20 heavy (non-hydrogen) atoms. The highest BCUT2D eigenvalue weighted by Gasteiger charge is 2.22. The van der Waals surface area contributed by atoms with Crippen molar-refractivity contribution < 1.29 is 4.79 Å². The minimum absolute atomic E-state index is 0.0742. The fourth-order valence-electron chi connectivity index (χ4n) is 2.33. The molecule has 0 saturated carbocycles. The summed E-state index contributed by atoms with van der Waals surface area (Å²) in [6, 6.07) is 8.06. The molecule has 0 aliphatic carbocycles. The number of carbonyl (C=O) groups is 1. The second-order valence-corrected chi connectivity index (χ2v) is 5.53. The molecular weight excluding hydrogens is 274 g/mol. The van der Waals surface area contributed by atoms with Crippen molar-refractivity contribution in [3.8, 4) is 0 Å². The predicted octanol–water partition coefficient (Wildman–Crippen LogP) is 1.06. The van der Waals surface area contributed by atoms with Crippen LogP contribution in [0.5, 0.6) is 0 Å². The monoisotopic (exact) mass is 289 g/mol. The van der Waals surface area contributed by atoms with Gasteiger partial charge in [-0.2, -0.15) is 0 Å². The predicted molar refractivity (Wildman–Crippen MR) is 78.0 cm³/mol. The lowest BCUT2D eigenvalue weighted by Crippen LogP contribution is -2.36. The number of carbonyl (C=O) groups excluding carboxylic acids is 1. The van der Waals surface area contributed by atoms with Crippen molar-refractivity contribution in [1.82, 2.24) is 14.9 Å². The van der Waals surface area contributed by atoms with E-state index in [0.29, 0.717) is 10.9 Å². The standard InChI is InChI=1S/C13H15N5OS/c14-18-9-15-16-13(18)20-8-12(19)17-7-3-5-10-4-1-2-6-11(10)17/h1-2,4,6,9H,3,5,7-8,14H2. The zero-order chi connectivity index (χ0) is 13.9. The molecule has 0 bridgehead atoms. The fourth-order valence-corrected chi connectivity index (χ4v) is 3.04. The summed E-state index contributed by atoms with van der Waals surface area (Å²) in [7, 11) is 0. The number of thioether (sulfide) groups is 1. The largest absolute Gasteiger partial charge is 0.336 e. The van der Waals surface area contributed by atoms with Crippen molar-refractivity contribution in [2.45, 2.75) is 18.0 Å². The van der Waals surface area contributed by atoms with E-state index in [0.717, 1.165) is 25.1 Å². The number of aryl methyl sites for hydroxylation is 1. The molecule has 1 aromatic heterocycles. The van der Waals surface area contributed by atoms with Crippen LogP contribution in [0.2, 0.25) is 0 Å². The number of amides is 1. The summed E-state index contributed by atoms with van der Waals surface area (Å²) in [5, 5.41) is 8.09. The van der Waals surface area contributed by atoms with Gasteiger partial charge in [-0.1, -0.05) is 30.0 Å². The van der Waals surface area contributed by atoms with Gasteiger partial charge in [-0.15, -0.1) is 10.2 Å². The van der Waals surface area contributed by atoms with E-state index in [4.69, 9.17) is 5.84 Å². The van der Waals surface area contributed by atoms with Gasteiger partial charge >= 0.3 is 0 Å². The topological polar surface area (TPSA) is 77.0 Å². The van der Waals surface area contributed by atoms with Gasteiger partial charge in [-0.3, -0.25) is 4.79 Å². The van der Waals surface area contributed by atoms with E-state index in [9.17, 15) is 4.79 Å². The number of benzene rings is 1. The maximum atomic E-state index is 12.4. The number of nitrogens with two attached hydrogens (primary N) is 1. The van der Waals surface area contributed by atoms with E-state index in [2.05, 4.69) is 16.3 Å². The Hall–Kier alpha value is -2.02. The van der Waals surface area contributed by atoms with Gasteiger partial charge in [0.2, 0.25) is 11.1 Å². The SMILES string of the molecule is Nn1cnnc1SCC(=O)N1CCCc2ccccc21. The lowest BCUT2D eigenvalue weighted by molar-refractivity contribution is -0.116. The van der Waals surface area contributed by atoms with Crippen molar-refractivity contribution in [1.29, 1.82) is 0 Å². The molecule has 3 rings (SSSR count). The number of nitrogens with zero attached hydrogens (tertiary/aromatic N) is 4. The number of hydrogen-bond acceptors (Lipinski definition) is 5. The van der Waals surface area contributed by atoms with E-state index in [1.807, 2.05) is 23.1 Å². The molecule has 104 valence electrons. The van der Waals surface area contributed by atoms with Crippen molar-refractivity contribution in [2.75, 3.05) is 23.0 Å². The number of anilines is 1. The Bertz CT molecular complexity index is 627. The van der Waals surface area contributed by atoms with Crippen LogP contribution in [0, 0.1) is 0 Å². The Kier molecular flexibility index (Phi) is 3.60. The first-order chi connectivity index (χ1) is 9.75. The number of fused-ring (bicyclic) bond motifs is 1. The normalized spacial score (nSPS) is 14.1. The van der Waals surface area contributed by atoms with E-state index in [-0.39, 0.29) is 5.91 Å². The molecule has 2 heterocycles. The molecule has 2 aromatic rings. The van der Waals surface area contributed by atoms with Crippen LogP contribution in [0.25, 0.3) is 0 Å². The molecule has 1 aliphatic rings. The van der Waals surface area contributed by atoms with Crippen molar-refractivity contribution in [3.05, 3.63) is 36.2 Å². The van der Waals surface area contributed by atoms with Crippen LogP contribution in [0.15, 0.2) is 35.7 Å². The first-order valence-electron chi connectivity index (χ1n) is 6.42. The fraction of sp³-hybridized carbons (Fsp3) is 0.308. The van der Waals surface area contributed by atoms with Gasteiger partial charge in [0, 0.05) is 12.2 Å². The number of hydrogen-bond donors (Lipinski definition) is 1. The number of aromatic nitrogens is 3. The smallest absolute Gasteiger partial charge is 0.237 e. The highest BCUT2D eigenvalue weighted by molar-refractivity contribution is 7.99. The van der Waals surface area contributed by atoms with Crippen molar-refractivity contribution in [2.24, 2.45) is 0 Å². The summed E-state index contributed by atoms with van der Waals surface area (Å²) in [6.07, 6.45) is 3.45. The summed E-state index contributed by atoms with van der Waals surface area (Å²) in [5.41, 5.74) is 2.26. The van der Waals surface area contributed by atoms with Crippen molar-refractivity contribution >= 4 is 23.4 Å². The van der Waals surface area contributed by atoms with Gasteiger partial charge in [0.15, 0.2) is 0 Å². The van der Waals surface area contributed by atoms with Gasteiger partial charge in [0.25, 0.3) is 0 Å². The van der Waals surface area contributed by atoms with E-state index in [1.54, 1.807) is 0 Å². The minimum Gasteiger partial charge on any atom is -0.336 e. The molecule has 6 nitrogen and oxygen atoms in total. The van der Waals surface area contributed by atoms with E-state index >= 15 is 0 Å². The van der Waals surface area contributed by atoms with Crippen LogP contribution in [0.1, 0.15) is 12.0 Å². The highest BCUT2D eigenvalue weighted by Crippen LogP contribution is 2.27. The van der Waals surface area contributed by atoms with Crippen LogP contribution in [-0.4, -0.2) is 33.1 Å². The lowest BCUT2D eigenvalue weighted by atomic mass is 10.0. The third-order valence-corrected chi connectivity index (χ3v) is 4.22. The van der Waals surface area contributed by atoms with Crippen molar-refractivity contribution in [3.63, 3.8) is 0 Å². The second-order valence-electron chi connectivity index (χ2n) is 4.59. The number of rotatable bonds is 3. The maximum Gasteiger partial charge on any atom is 0.237 e. The molecule has 1 aromatic carbocycles. The number of para-hydroxylation sites is 1. The van der Waals surface area contributed by atoms with E-state index in [1.165, 1.54) is 28.3 Å². The average Bonchev–Trinajstić information content (AvgIpc) is 2.89. The summed E-state index contributed by atoms with van der Waals surface area (Å²) in [6.45, 7) is 0.770.